The molecule has 0 bridgehead atoms. The summed E-state index contributed by atoms with van der Waals surface area (Å²) in [5.74, 6) is 0.148. The van der Waals surface area contributed by atoms with E-state index >= 15 is 0 Å². The Morgan fingerprint density at radius 1 is 1.31 bits per heavy atom. The van der Waals surface area contributed by atoms with E-state index in [1.54, 1.807) is 9.58 Å². The molecule has 1 aromatic heterocycles. The summed E-state index contributed by atoms with van der Waals surface area (Å²) in [6.07, 6.45) is 4.67. The number of nitrogens with zero attached hydrogens (tertiary/aromatic N) is 4. The summed E-state index contributed by atoms with van der Waals surface area (Å²) in [7, 11) is 0. The van der Waals surface area contributed by atoms with Gasteiger partial charge in [0.1, 0.15) is 12.1 Å². The Balaban J connectivity index is 1.42. The van der Waals surface area contributed by atoms with Crippen molar-refractivity contribution in [3.05, 3.63) is 47.2 Å². The summed E-state index contributed by atoms with van der Waals surface area (Å²) >= 11 is 6.07. The number of amides is 2. The zero-order valence-electron chi connectivity index (χ0n) is 16.7. The van der Waals surface area contributed by atoms with Crippen LogP contribution in [-0.2, 0) is 16.1 Å². The summed E-state index contributed by atoms with van der Waals surface area (Å²) in [4.78, 5) is 29.5. The van der Waals surface area contributed by atoms with Gasteiger partial charge in [-0.1, -0.05) is 37.9 Å². The van der Waals surface area contributed by atoms with Gasteiger partial charge in [0.05, 0.1) is 11.9 Å². The summed E-state index contributed by atoms with van der Waals surface area (Å²) in [6.45, 7) is 6.58. The van der Waals surface area contributed by atoms with Crippen molar-refractivity contribution in [3.8, 4) is 5.69 Å². The first kappa shape index (κ1) is 19.9. The monoisotopic (exact) mass is 415 g/mol. The molecular formula is C21H26ClN5O2. The number of halogens is 1. The zero-order chi connectivity index (χ0) is 20.5. The maximum Gasteiger partial charge on any atom is 0.246 e. The molecule has 0 unspecified atom stereocenters. The molecule has 1 aromatic carbocycles. The molecule has 8 heteroatoms. The largest absolute Gasteiger partial charge is 0.342 e. The highest BCUT2D eigenvalue weighted by molar-refractivity contribution is 6.30. The van der Waals surface area contributed by atoms with Gasteiger partial charge < -0.3 is 10.2 Å². The third-order valence-corrected chi connectivity index (χ3v) is 6.18. The maximum absolute atomic E-state index is 12.8. The Bertz CT molecular complexity index is 914. The van der Waals surface area contributed by atoms with Crippen LogP contribution in [0.2, 0.25) is 5.02 Å². The first-order chi connectivity index (χ1) is 14.0. The van der Waals surface area contributed by atoms with Gasteiger partial charge in [-0.25, -0.2) is 4.68 Å². The van der Waals surface area contributed by atoms with E-state index in [9.17, 15) is 9.59 Å². The normalized spacial score (nSPS) is 23.6. The van der Waals surface area contributed by atoms with Gasteiger partial charge in [-0.15, -0.1) is 0 Å². The first-order valence-corrected chi connectivity index (χ1v) is 10.5. The zero-order valence-corrected chi connectivity index (χ0v) is 17.5. The number of carbonyl (C=O) groups is 2. The van der Waals surface area contributed by atoms with Gasteiger partial charge in [-0.05, 0) is 24.1 Å². The van der Waals surface area contributed by atoms with E-state index in [1.807, 2.05) is 50.5 Å². The van der Waals surface area contributed by atoms with Crippen molar-refractivity contribution >= 4 is 23.4 Å². The lowest BCUT2D eigenvalue weighted by Crippen LogP contribution is -2.70. The minimum atomic E-state index is -0.417. The van der Waals surface area contributed by atoms with Crippen molar-refractivity contribution in [2.24, 2.45) is 5.92 Å². The smallest absolute Gasteiger partial charge is 0.246 e. The van der Waals surface area contributed by atoms with Crippen LogP contribution in [0.1, 0.15) is 25.8 Å². The number of rotatable bonds is 5. The van der Waals surface area contributed by atoms with Gasteiger partial charge in [0, 0.05) is 43.0 Å². The van der Waals surface area contributed by atoms with Crippen LogP contribution in [0.5, 0.6) is 0 Å². The molecule has 3 heterocycles. The molecule has 0 spiro atoms. The Morgan fingerprint density at radius 3 is 2.90 bits per heavy atom. The summed E-state index contributed by atoms with van der Waals surface area (Å²) in [5, 5.41) is 8.04. The number of carbonyl (C=O) groups excluding carboxylic acids is 2. The molecular weight excluding hydrogens is 390 g/mol. The van der Waals surface area contributed by atoms with Crippen molar-refractivity contribution in [1.29, 1.82) is 0 Å². The number of fused-ring (bicyclic) bond motifs is 1. The highest BCUT2D eigenvalue weighted by atomic mass is 35.5. The van der Waals surface area contributed by atoms with E-state index in [-0.39, 0.29) is 17.7 Å². The van der Waals surface area contributed by atoms with Crippen molar-refractivity contribution in [3.63, 3.8) is 0 Å². The Labute approximate surface area is 175 Å². The molecule has 0 saturated carbocycles. The van der Waals surface area contributed by atoms with Crippen LogP contribution in [0.4, 0.5) is 0 Å². The van der Waals surface area contributed by atoms with Crippen LogP contribution in [0.25, 0.3) is 5.69 Å². The Hall–Kier alpha value is -2.38. The molecule has 1 N–H and O–H groups in total. The molecule has 2 aliphatic rings. The lowest BCUT2D eigenvalue weighted by Gasteiger charge is -2.46. The Kier molecular flexibility index (Phi) is 5.61. The lowest BCUT2D eigenvalue weighted by molar-refractivity contribution is -0.154. The van der Waals surface area contributed by atoms with Gasteiger partial charge in [0.15, 0.2) is 0 Å². The van der Waals surface area contributed by atoms with Crippen LogP contribution in [0.3, 0.4) is 0 Å². The molecule has 2 aromatic rings. The molecule has 29 heavy (non-hydrogen) atoms. The minimum Gasteiger partial charge on any atom is -0.342 e. The molecule has 4 rings (SSSR count). The summed E-state index contributed by atoms with van der Waals surface area (Å²) < 4.78 is 1.80. The molecule has 7 nitrogen and oxygen atoms in total. The third-order valence-electron chi connectivity index (χ3n) is 5.94. The highest BCUT2D eigenvalue weighted by Crippen LogP contribution is 2.22. The van der Waals surface area contributed by atoms with Crippen LogP contribution in [0.15, 0.2) is 36.7 Å². The average molecular weight is 416 g/mol. The second kappa shape index (κ2) is 8.16. The van der Waals surface area contributed by atoms with E-state index < -0.39 is 12.1 Å². The Morgan fingerprint density at radius 2 is 2.14 bits per heavy atom. The van der Waals surface area contributed by atoms with E-state index in [2.05, 4.69) is 15.3 Å². The van der Waals surface area contributed by atoms with Gasteiger partial charge in [-0.3, -0.25) is 14.5 Å². The van der Waals surface area contributed by atoms with Gasteiger partial charge in [-0.2, -0.15) is 5.10 Å². The molecule has 2 fully saturated rings. The maximum atomic E-state index is 12.8. The molecule has 2 aliphatic heterocycles. The van der Waals surface area contributed by atoms with Crippen molar-refractivity contribution < 1.29 is 9.59 Å². The molecule has 0 radical (unpaired) electrons. The van der Waals surface area contributed by atoms with Crippen molar-refractivity contribution in [2.75, 3.05) is 19.6 Å². The third kappa shape index (κ3) is 4.02. The molecule has 3 atom stereocenters. The van der Waals surface area contributed by atoms with Gasteiger partial charge >= 0.3 is 0 Å². The number of nitrogens with one attached hydrogen (secondary N) is 1. The number of hydrogen-bond acceptors (Lipinski definition) is 4. The van der Waals surface area contributed by atoms with Crippen molar-refractivity contribution in [1.82, 2.24) is 24.9 Å². The number of hydrogen-bond donors (Lipinski definition) is 1. The fourth-order valence-corrected chi connectivity index (χ4v) is 4.23. The lowest BCUT2D eigenvalue weighted by atomic mass is 9.93. The predicted octanol–water partition coefficient (Wildman–Crippen LogP) is 2.08. The van der Waals surface area contributed by atoms with Gasteiger partial charge in [0.25, 0.3) is 0 Å². The topological polar surface area (TPSA) is 70.5 Å². The van der Waals surface area contributed by atoms with E-state index in [1.165, 1.54) is 0 Å². The fourth-order valence-electron chi connectivity index (χ4n) is 4.04. The van der Waals surface area contributed by atoms with Crippen LogP contribution in [0, 0.1) is 5.92 Å². The second-order valence-electron chi connectivity index (χ2n) is 7.93. The van der Waals surface area contributed by atoms with E-state index in [4.69, 9.17) is 11.6 Å². The van der Waals surface area contributed by atoms with E-state index in [0.717, 1.165) is 24.2 Å². The van der Waals surface area contributed by atoms with Crippen LogP contribution >= 0.6 is 11.6 Å². The fraction of sp³-hybridized carbons (Fsp3) is 0.476. The van der Waals surface area contributed by atoms with E-state index in [0.29, 0.717) is 24.7 Å². The second-order valence-corrected chi connectivity index (χ2v) is 8.36. The SMILES string of the molecule is CC[C@H](C)[C@@H]1NC(=O)[C@H]2CN(Cc3cnn(-c4cccc(Cl)c4)c3)CCN2C1=O. The number of aromatic nitrogens is 2. The minimum absolute atomic E-state index is 0.0470. The quantitative estimate of drug-likeness (QED) is 0.811. The molecule has 0 aliphatic carbocycles. The number of benzene rings is 1. The summed E-state index contributed by atoms with van der Waals surface area (Å²) in [6, 6.07) is 6.72. The summed E-state index contributed by atoms with van der Waals surface area (Å²) in [5.41, 5.74) is 1.96. The molecule has 2 amide bonds. The predicted molar refractivity (Wildman–Crippen MR) is 111 cm³/mol. The standard InChI is InChI=1S/C21H26ClN5O2/c1-3-14(2)19-21(29)26-8-7-25(13-18(26)20(28)24-19)11-15-10-23-27(12-15)17-6-4-5-16(22)9-17/h4-6,9-10,12,14,18-19H,3,7-8,11,13H2,1-2H3,(H,24,28)/t14-,18+,19-/m0/s1. The molecule has 2 saturated heterocycles. The average Bonchev–Trinajstić information content (AvgIpc) is 3.18. The molecule has 154 valence electrons. The van der Waals surface area contributed by atoms with Crippen LogP contribution < -0.4 is 5.32 Å². The highest BCUT2D eigenvalue weighted by Gasteiger charge is 2.44. The van der Waals surface area contributed by atoms with Gasteiger partial charge in [0.2, 0.25) is 11.8 Å². The number of piperazine rings is 2. The first-order valence-electron chi connectivity index (χ1n) is 10.1. The van der Waals surface area contributed by atoms with Crippen LogP contribution in [-0.4, -0.2) is 63.1 Å². The van der Waals surface area contributed by atoms with Crippen molar-refractivity contribution in [2.45, 2.75) is 38.9 Å².